The first-order valence-electron chi connectivity index (χ1n) is 22.1. The van der Waals surface area contributed by atoms with E-state index in [9.17, 15) is 24.3 Å². The van der Waals surface area contributed by atoms with Gasteiger partial charge in [-0.25, -0.2) is 9.78 Å². The highest BCUT2D eigenvalue weighted by Gasteiger charge is 2.44. The van der Waals surface area contributed by atoms with Gasteiger partial charge in [0.05, 0.1) is 22.2 Å². The predicted octanol–water partition coefficient (Wildman–Crippen LogP) is 9.38. The van der Waals surface area contributed by atoms with Gasteiger partial charge >= 0.3 is 6.09 Å². The minimum Gasteiger partial charge on any atom is -0.444 e. The van der Waals surface area contributed by atoms with Gasteiger partial charge in [-0.1, -0.05) is 135 Å². The molecule has 0 saturated carbocycles. The van der Waals surface area contributed by atoms with Crippen molar-refractivity contribution < 1.29 is 29.0 Å². The third-order valence-electron chi connectivity index (χ3n) is 10.7. The van der Waals surface area contributed by atoms with Crippen LogP contribution >= 0.6 is 11.3 Å². The lowest BCUT2D eigenvalue weighted by Gasteiger charge is -2.35. The molecule has 4 amide bonds. The Bertz CT molecular complexity index is 1530. The van der Waals surface area contributed by atoms with Gasteiger partial charge in [0.15, 0.2) is 0 Å². The van der Waals surface area contributed by atoms with Gasteiger partial charge in [-0.2, -0.15) is 0 Å². The third kappa shape index (κ3) is 18.6. The molecule has 1 fully saturated rings. The monoisotopic (exact) mass is 826 g/mol. The van der Waals surface area contributed by atoms with Crippen LogP contribution in [-0.4, -0.2) is 75.7 Å². The topological polar surface area (TPSA) is 150 Å². The number of thiazole rings is 1. The van der Waals surface area contributed by atoms with Crippen LogP contribution in [0.4, 0.5) is 4.79 Å². The lowest BCUT2D eigenvalue weighted by Crippen LogP contribution is -2.57. The summed E-state index contributed by atoms with van der Waals surface area (Å²) in [5.41, 5.74) is 3.79. The zero-order valence-corrected chi connectivity index (χ0v) is 37.6. The molecular weight excluding hydrogens is 751 g/mol. The first kappa shape index (κ1) is 48.9. The molecule has 1 aliphatic heterocycles. The van der Waals surface area contributed by atoms with E-state index in [4.69, 9.17) is 4.74 Å². The fourth-order valence-electron chi connectivity index (χ4n) is 7.40. The molecule has 1 saturated heterocycles. The molecule has 1 aliphatic rings. The van der Waals surface area contributed by atoms with Crippen LogP contribution in [0, 0.1) is 12.3 Å². The van der Waals surface area contributed by atoms with Crippen molar-refractivity contribution in [2.75, 3.05) is 13.1 Å². The standard InChI is InChI=1S/C46H75N5O6S/c1-34-40(58-33-49-34)36-27-25-35(26-28-36)31-48-42(54)38-30-37(52)32-51(38)43(55)41(45(2,3)4)50-39(53)24-22-20-18-16-14-12-10-8-9-11-13-15-17-19-21-23-29-47-44(56)57-46(5,6)7/h25-28,33,37-38,41,52H,8-24,29-32H2,1-7H3,(H,47,56)(H,48,54)(H,50,53). The number of benzene rings is 1. The number of aryl methyl sites for hydroxylation is 1. The van der Waals surface area contributed by atoms with Crippen molar-refractivity contribution in [3.63, 3.8) is 0 Å². The molecule has 2 aromatic rings. The zero-order chi connectivity index (χ0) is 42.6. The molecule has 4 N–H and O–H groups in total. The summed E-state index contributed by atoms with van der Waals surface area (Å²) in [4.78, 5) is 58.9. The molecule has 0 aliphatic carbocycles. The normalized spacial score (nSPS) is 16.2. The summed E-state index contributed by atoms with van der Waals surface area (Å²) in [7, 11) is 0. The average molecular weight is 826 g/mol. The number of aromatic nitrogens is 1. The van der Waals surface area contributed by atoms with Gasteiger partial charge in [-0.3, -0.25) is 14.4 Å². The number of hydrogen-bond acceptors (Lipinski definition) is 8. The largest absolute Gasteiger partial charge is 0.444 e. The van der Waals surface area contributed by atoms with Crippen molar-refractivity contribution in [1.29, 1.82) is 0 Å². The van der Waals surface area contributed by atoms with Crippen molar-refractivity contribution in [3.8, 4) is 10.4 Å². The summed E-state index contributed by atoms with van der Waals surface area (Å²) in [6.45, 7) is 14.4. The first-order chi connectivity index (χ1) is 27.5. The van der Waals surface area contributed by atoms with Gasteiger partial charge in [0.2, 0.25) is 17.7 Å². The number of carbonyl (C=O) groups excluding carboxylic acids is 4. The van der Waals surface area contributed by atoms with E-state index in [2.05, 4.69) is 20.9 Å². The van der Waals surface area contributed by atoms with Crippen molar-refractivity contribution in [2.45, 2.75) is 194 Å². The summed E-state index contributed by atoms with van der Waals surface area (Å²) in [5, 5.41) is 19.3. The number of aliphatic hydroxyl groups excluding tert-OH is 1. The summed E-state index contributed by atoms with van der Waals surface area (Å²) in [6.07, 6.45) is 18.3. The van der Waals surface area contributed by atoms with Gasteiger partial charge in [-0.05, 0) is 57.1 Å². The third-order valence-corrected chi connectivity index (χ3v) is 11.7. The second kappa shape index (κ2) is 25.2. The van der Waals surface area contributed by atoms with Crippen LogP contribution in [0.1, 0.15) is 168 Å². The molecule has 3 unspecified atom stereocenters. The van der Waals surface area contributed by atoms with Gasteiger partial charge in [0.1, 0.15) is 17.7 Å². The lowest BCUT2D eigenvalue weighted by atomic mass is 9.85. The maximum Gasteiger partial charge on any atom is 0.407 e. The molecule has 0 spiro atoms. The van der Waals surface area contributed by atoms with Crippen molar-refractivity contribution in [2.24, 2.45) is 5.41 Å². The second-order valence-corrected chi connectivity index (χ2v) is 19.1. The Morgan fingerprint density at radius 1 is 0.810 bits per heavy atom. The molecule has 0 radical (unpaired) electrons. The van der Waals surface area contributed by atoms with Crippen LogP contribution < -0.4 is 16.0 Å². The summed E-state index contributed by atoms with van der Waals surface area (Å²) >= 11 is 1.59. The Morgan fingerprint density at radius 3 is 1.84 bits per heavy atom. The molecule has 2 heterocycles. The Kier molecular flexibility index (Phi) is 21.2. The number of ether oxygens (including phenoxy) is 1. The predicted molar refractivity (Wildman–Crippen MR) is 234 cm³/mol. The molecule has 58 heavy (non-hydrogen) atoms. The number of alkyl carbamates (subject to hydrolysis) is 1. The second-order valence-electron chi connectivity index (χ2n) is 18.3. The molecule has 3 atom stereocenters. The van der Waals surface area contributed by atoms with Crippen molar-refractivity contribution in [1.82, 2.24) is 25.8 Å². The number of likely N-dealkylation sites (tertiary alicyclic amines) is 1. The number of unbranched alkanes of at least 4 members (excludes halogenated alkanes) is 15. The number of carbonyl (C=O) groups is 4. The zero-order valence-electron chi connectivity index (χ0n) is 36.8. The Labute approximate surface area is 353 Å². The average Bonchev–Trinajstić information content (AvgIpc) is 3.77. The van der Waals surface area contributed by atoms with Crippen LogP contribution in [0.25, 0.3) is 10.4 Å². The number of hydrogen-bond donors (Lipinski definition) is 4. The van der Waals surface area contributed by atoms with E-state index in [1.54, 1.807) is 11.3 Å². The fourth-order valence-corrected chi connectivity index (χ4v) is 8.22. The molecule has 12 heteroatoms. The number of nitrogens with one attached hydrogen (secondary N) is 3. The number of nitrogens with zero attached hydrogens (tertiary/aromatic N) is 2. The molecular formula is C46H75N5O6S. The lowest BCUT2D eigenvalue weighted by molar-refractivity contribution is -0.144. The van der Waals surface area contributed by atoms with E-state index < -0.39 is 29.2 Å². The Balaban J connectivity index is 1.24. The van der Waals surface area contributed by atoms with Crippen LogP contribution in [0.15, 0.2) is 29.8 Å². The van der Waals surface area contributed by atoms with E-state index in [0.29, 0.717) is 19.5 Å². The van der Waals surface area contributed by atoms with Gasteiger partial charge < -0.3 is 30.7 Å². The summed E-state index contributed by atoms with van der Waals surface area (Å²) in [5.74, 6) is -0.799. The van der Waals surface area contributed by atoms with E-state index >= 15 is 0 Å². The molecule has 11 nitrogen and oxygen atoms in total. The van der Waals surface area contributed by atoms with E-state index in [1.165, 1.54) is 75.5 Å². The number of β-amino-alcohol motifs (C(OH)–C–C–N with tert-alkyl or cyclic N) is 1. The van der Waals surface area contributed by atoms with Crippen molar-refractivity contribution in [3.05, 3.63) is 41.0 Å². The Morgan fingerprint density at radius 2 is 1.34 bits per heavy atom. The van der Waals surface area contributed by atoms with Crippen molar-refractivity contribution >= 4 is 35.2 Å². The molecule has 1 aromatic carbocycles. The SMILES string of the molecule is Cc1ncsc1-c1ccc(CNC(=O)C2CC(O)CN2C(=O)C(NC(=O)CCCCCCCCCCCCCCCCCCNC(=O)OC(C)(C)C)C(C)(C)C)cc1. The highest BCUT2D eigenvalue weighted by atomic mass is 32.1. The minimum atomic E-state index is -0.811. The summed E-state index contributed by atoms with van der Waals surface area (Å²) < 4.78 is 5.26. The highest BCUT2D eigenvalue weighted by molar-refractivity contribution is 7.13. The smallest absolute Gasteiger partial charge is 0.407 e. The fraction of sp³-hybridized carbons (Fsp3) is 0.717. The van der Waals surface area contributed by atoms with E-state index in [0.717, 1.165) is 53.8 Å². The van der Waals surface area contributed by atoms with Crippen LogP contribution in [-0.2, 0) is 25.7 Å². The first-order valence-corrected chi connectivity index (χ1v) is 22.9. The molecule has 1 aromatic heterocycles. The molecule has 0 bridgehead atoms. The van der Waals surface area contributed by atoms with Gasteiger partial charge in [-0.15, -0.1) is 11.3 Å². The quantitative estimate of drug-likeness (QED) is 0.0729. The number of aliphatic hydroxyl groups is 1. The summed E-state index contributed by atoms with van der Waals surface area (Å²) in [6, 6.07) is 6.36. The maximum absolute atomic E-state index is 13.9. The van der Waals surface area contributed by atoms with Crippen LogP contribution in [0.3, 0.4) is 0 Å². The number of rotatable bonds is 25. The molecule has 3 rings (SSSR count). The van der Waals surface area contributed by atoms with Gasteiger partial charge in [0, 0.05) is 32.5 Å². The number of amides is 4. The Hall–Kier alpha value is -3.51. The highest BCUT2D eigenvalue weighted by Crippen LogP contribution is 2.28. The maximum atomic E-state index is 13.9. The van der Waals surface area contributed by atoms with Crippen LogP contribution in [0.2, 0.25) is 0 Å². The minimum absolute atomic E-state index is 0.0581. The van der Waals surface area contributed by atoms with E-state index in [-0.39, 0.29) is 36.8 Å². The van der Waals surface area contributed by atoms with Crippen LogP contribution in [0.5, 0.6) is 0 Å². The molecule has 326 valence electrons. The van der Waals surface area contributed by atoms with Gasteiger partial charge in [0.25, 0.3) is 0 Å². The van der Waals surface area contributed by atoms with E-state index in [1.807, 2.05) is 78.2 Å².